The molecular weight excluding hydrogens is 266 g/mol. The molecule has 1 aliphatic rings. The summed E-state index contributed by atoms with van der Waals surface area (Å²) in [5.74, 6) is 0.0588. The van der Waals surface area contributed by atoms with Crippen molar-refractivity contribution in [2.24, 2.45) is 5.92 Å². The van der Waals surface area contributed by atoms with Crippen LogP contribution < -0.4 is 5.32 Å². The minimum atomic E-state index is -0.150. The van der Waals surface area contributed by atoms with E-state index in [1.807, 2.05) is 30.7 Å². The third-order valence-corrected chi connectivity index (χ3v) is 3.88. The molecular formula is C16H25N3O2. The summed E-state index contributed by atoms with van der Waals surface area (Å²) < 4.78 is 1.90. The lowest BCUT2D eigenvalue weighted by atomic mass is 10.1. The van der Waals surface area contributed by atoms with Crippen LogP contribution in [0.15, 0.2) is 12.2 Å². The van der Waals surface area contributed by atoms with Crippen molar-refractivity contribution >= 4 is 5.91 Å². The van der Waals surface area contributed by atoms with Crippen molar-refractivity contribution in [1.29, 1.82) is 0 Å². The second kappa shape index (κ2) is 5.64. The smallest absolute Gasteiger partial charge is 0.255 e. The number of hydrogen-bond acceptors (Lipinski definition) is 3. The number of nitrogens with one attached hydrogen (secondary N) is 1. The van der Waals surface area contributed by atoms with Crippen molar-refractivity contribution in [3.05, 3.63) is 29.1 Å². The van der Waals surface area contributed by atoms with Crippen molar-refractivity contribution in [2.45, 2.75) is 52.6 Å². The third-order valence-electron chi connectivity index (χ3n) is 3.88. The third kappa shape index (κ3) is 3.18. The van der Waals surface area contributed by atoms with Crippen LogP contribution in [0, 0.1) is 19.8 Å². The number of nitrogens with zero attached hydrogens (tertiary/aromatic N) is 2. The Labute approximate surface area is 126 Å². The average Bonchev–Trinajstić information content (AvgIpc) is 2.93. The molecule has 0 saturated carbocycles. The highest BCUT2D eigenvalue weighted by Crippen LogP contribution is 2.22. The van der Waals surface area contributed by atoms with Crippen LogP contribution in [0.5, 0.6) is 0 Å². The molecule has 5 nitrogen and oxygen atoms in total. The largest absolute Gasteiger partial charge is 0.396 e. The van der Waals surface area contributed by atoms with Gasteiger partial charge in [0.15, 0.2) is 0 Å². The Bertz CT molecular complexity index is 567. The van der Waals surface area contributed by atoms with Gasteiger partial charge < -0.3 is 10.4 Å². The summed E-state index contributed by atoms with van der Waals surface area (Å²) in [5, 5.41) is 16.7. The van der Waals surface area contributed by atoms with E-state index in [1.165, 1.54) is 0 Å². The fraction of sp³-hybridized carbons (Fsp3) is 0.625. The Kier molecular flexibility index (Phi) is 4.23. The first-order valence-electron chi connectivity index (χ1n) is 7.40. The first kappa shape index (κ1) is 15.8. The minimum absolute atomic E-state index is 0.00793. The van der Waals surface area contributed by atoms with Gasteiger partial charge in [-0.15, -0.1) is 0 Å². The molecule has 0 radical (unpaired) electrons. The highest BCUT2D eigenvalue weighted by Gasteiger charge is 2.26. The van der Waals surface area contributed by atoms with E-state index in [0.29, 0.717) is 5.56 Å². The van der Waals surface area contributed by atoms with E-state index in [-0.39, 0.29) is 30.0 Å². The molecule has 0 saturated heterocycles. The van der Waals surface area contributed by atoms with Crippen molar-refractivity contribution < 1.29 is 9.90 Å². The topological polar surface area (TPSA) is 67.2 Å². The lowest BCUT2D eigenvalue weighted by Crippen LogP contribution is -2.33. The number of aliphatic hydroxyl groups excluding tert-OH is 1. The second-order valence-corrected chi connectivity index (χ2v) is 6.77. The lowest BCUT2D eigenvalue weighted by Gasteiger charge is -2.21. The van der Waals surface area contributed by atoms with Gasteiger partial charge in [-0.3, -0.25) is 9.48 Å². The molecule has 0 fully saturated rings. The molecule has 0 aliphatic heterocycles. The van der Waals surface area contributed by atoms with Gasteiger partial charge in [0, 0.05) is 24.3 Å². The quantitative estimate of drug-likeness (QED) is 0.836. The number of hydrogen-bond donors (Lipinski definition) is 2. The van der Waals surface area contributed by atoms with E-state index in [4.69, 9.17) is 5.11 Å². The first-order chi connectivity index (χ1) is 9.74. The van der Waals surface area contributed by atoms with Gasteiger partial charge in [0.05, 0.1) is 16.8 Å². The van der Waals surface area contributed by atoms with Gasteiger partial charge in [-0.05, 0) is 41.0 Å². The summed E-state index contributed by atoms with van der Waals surface area (Å²) in [6.07, 6.45) is 4.68. The Hall–Kier alpha value is -1.62. The van der Waals surface area contributed by atoms with Gasteiger partial charge in [-0.2, -0.15) is 5.10 Å². The molecule has 1 amide bonds. The van der Waals surface area contributed by atoms with Gasteiger partial charge in [0.2, 0.25) is 0 Å². The SMILES string of the molecule is Cc1nn(C(C)(C)C)c(C)c1C(=O)N[C@@H]1C=C[C@H](CO)C1. The predicted molar refractivity (Wildman–Crippen MR) is 82.3 cm³/mol. The van der Waals surface area contributed by atoms with Gasteiger partial charge >= 0.3 is 0 Å². The van der Waals surface area contributed by atoms with Crippen molar-refractivity contribution in [1.82, 2.24) is 15.1 Å². The monoisotopic (exact) mass is 291 g/mol. The van der Waals surface area contributed by atoms with Crippen LogP contribution in [0.2, 0.25) is 0 Å². The zero-order valence-corrected chi connectivity index (χ0v) is 13.5. The number of carbonyl (C=O) groups excluding carboxylic acids is 1. The van der Waals surface area contributed by atoms with Gasteiger partial charge in [-0.1, -0.05) is 12.2 Å². The predicted octanol–water partition coefficient (Wildman–Crippen LogP) is 1.92. The molecule has 0 aromatic carbocycles. The Morgan fingerprint density at radius 2 is 2.10 bits per heavy atom. The van der Waals surface area contributed by atoms with Crippen LogP contribution in [0.1, 0.15) is 48.9 Å². The highest BCUT2D eigenvalue weighted by molar-refractivity contribution is 5.96. The first-order valence-corrected chi connectivity index (χ1v) is 7.40. The Morgan fingerprint density at radius 3 is 2.57 bits per heavy atom. The number of amides is 1. The van der Waals surface area contributed by atoms with Crippen molar-refractivity contribution in [3.8, 4) is 0 Å². The summed E-state index contributed by atoms with van der Waals surface area (Å²) in [6, 6.07) is -0.00793. The summed E-state index contributed by atoms with van der Waals surface area (Å²) in [6.45, 7) is 10.1. The molecule has 1 aromatic heterocycles. The summed E-state index contributed by atoms with van der Waals surface area (Å²) in [7, 11) is 0. The van der Waals surface area contributed by atoms with E-state index in [9.17, 15) is 4.79 Å². The molecule has 2 atom stereocenters. The zero-order valence-electron chi connectivity index (χ0n) is 13.5. The molecule has 1 aliphatic carbocycles. The number of carbonyl (C=O) groups is 1. The molecule has 1 heterocycles. The average molecular weight is 291 g/mol. The maximum atomic E-state index is 12.5. The molecule has 0 spiro atoms. The maximum absolute atomic E-state index is 12.5. The van der Waals surface area contributed by atoms with Crippen LogP contribution >= 0.6 is 0 Å². The van der Waals surface area contributed by atoms with Crippen molar-refractivity contribution in [3.63, 3.8) is 0 Å². The molecule has 21 heavy (non-hydrogen) atoms. The Balaban J connectivity index is 2.17. The zero-order chi connectivity index (χ0) is 15.8. The number of rotatable bonds is 3. The summed E-state index contributed by atoms with van der Waals surface area (Å²) in [5.41, 5.74) is 2.15. The van der Waals surface area contributed by atoms with Crippen LogP contribution in [-0.2, 0) is 5.54 Å². The molecule has 116 valence electrons. The fourth-order valence-electron chi connectivity index (χ4n) is 2.88. The van der Waals surface area contributed by atoms with Crippen LogP contribution in [-0.4, -0.2) is 33.4 Å². The summed E-state index contributed by atoms with van der Waals surface area (Å²) in [4.78, 5) is 12.5. The normalized spacial score (nSPS) is 21.8. The van der Waals surface area contributed by atoms with E-state index < -0.39 is 0 Å². The molecule has 0 bridgehead atoms. The van der Waals surface area contributed by atoms with Gasteiger partial charge in [0.1, 0.15) is 0 Å². The number of aliphatic hydroxyl groups is 1. The number of aromatic nitrogens is 2. The Morgan fingerprint density at radius 1 is 1.43 bits per heavy atom. The molecule has 2 rings (SSSR count). The van der Waals surface area contributed by atoms with E-state index in [0.717, 1.165) is 17.8 Å². The van der Waals surface area contributed by atoms with Crippen LogP contribution in [0.25, 0.3) is 0 Å². The summed E-state index contributed by atoms with van der Waals surface area (Å²) >= 11 is 0. The second-order valence-electron chi connectivity index (χ2n) is 6.77. The maximum Gasteiger partial charge on any atom is 0.255 e. The number of aryl methyl sites for hydroxylation is 1. The molecule has 1 aromatic rings. The standard InChI is InChI=1S/C16H25N3O2/c1-10-14(11(2)19(18-10)16(3,4)5)15(21)17-13-7-6-12(8-13)9-20/h6-7,12-13,20H,8-9H2,1-5H3,(H,17,21)/t12-,13+/m0/s1. The van der Waals surface area contributed by atoms with Gasteiger partial charge in [-0.25, -0.2) is 0 Å². The van der Waals surface area contributed by atoms with E-state index >= 15 is 0 Å². The lowest BCUT2D eigenvalue weighted by molar-refractivity contribution is 0.0939. The van der Waals surface area contributed by atoms with Crippen LogP contribution in [0.3, 0.4) is 0 Å². The highest BCUT2D eigenvalue weighted by atomic mass is 16.3. The van der Waals surface area contributed by atoms with E-state index in [2.05, 4.69) is 31.2 Å². The van der Waals surface area contributed by atoms with Gasteiger partial charge in [0.25, 0.3) is 5.91 Å². The molecule has 5 heteroatoms. The molecule has 0 unspecified atom stereocenters. The van der Waals surface area contributed by atoms with Crippen LogP contribution in [0.4, 0.5) is 0 Å². The molecule has 2 N–H and O–H groups in total. The fourth-order valence-corrected chi connectivity index (χ4v) is 2.88. The van der Waals surface area contributed by atoms with E-state index in [1.54, 1.807) is 0 Å². The minimum Gasteiger partial charge on any atom is -0.396 e. The van der Waals surface area contributed by atoms with Crippen molar-refractivity contribution in [2.75, 3.05) is 6.61 Å².